The average Bonchev–Trinajstić information content (AvgIpc) is 2.36. The van der Waals surface area contributed by atoms with Gasteiger partial charge in [0.2, 0.25) is 0 Å². The van der Waals surface area contributed by atoms with Crippen molar-refractivity contribution >= 4 is 19.7 Å². The molecule has 0 fully saturated rings. The van der Waals surface area contributed by atoms with E-state index in [9.17, 15) is 21.2 Å². The third kappa shape index (κ3) is 4.02. The summed E-state index contributed by atoms with van der Waals surface area (Å²) < 4.78 is 61.2. The van der Waals surface area contributed by atoms with Crippen molar-refractivity contribution in [1.29, 1.82) is 0 Å². The van der Waals surface area contributed by atoms with Gasteiger partial charge >= 0.3 is 0 Å². The van der Waals surface area contributed by atoms with Crippen LogP contribution in [0.15, 0.2) is 24.3 Å². The van der Waals surface area contributed by atoms with Crippen molar-refractivity contribution in [3.8, 4) is 0 Å². The van der Waals surface area contributed by atoms with Gasteiger partial charge in [-0.05, 0) is 26.8 Å². The number of sulfone groups is 2. The summed E-state index contributed by atoms with van der Waals surface area (Å²) in [6.07, 6.45) is 0. The quantitative estimate of drug-likeness (QED) is 0.804. The zero-order valence-electron chi connectivity index (χ0n) is 11.7. The molecule has 0 aliphatic heterocycles. The maximum Gasteiger partial charge on any atom is 0.158 e. The lowest BCUT2D eigenvalue weighted by Crippen LogP contribution is -2.26. The number of benzene rings is 1. The zero-order chi connectivity index (χ0) is 15.6. The van der Waals surface area contributed by atoms with Crippen molar-refractivity contribution in [3.05, 3.63) is 35.6 Å². The summed E-state index contributed by atoms with van der Waals surface area (Å²) in [5, 5.41) is -1.69. The molecule has 7 heteroatoms. The summed E-state index contributed by atoms with van der Waals surface area (Å²) in [6.45, 7) is 4.38. The van der Waals surface area contributed by atoms with Crippen LogP contribution in [-0.4, -0.2) is 33.6 Å². The molecule has 0 amide bonds. The van der Waals surface area contributed by atoms with Crippen LogP contribution < -0.4 is 0 Å². The first-order valence-electron chi connectivity index (χ1n) is 6.25. The highest BCUT2D eigenvalue weighted by Gasteiger charge is 2.28. The standard InChI is InChI=1S/C13H19FO4S2/c1-10(2)19(15,16)8-9-20(17,18)11(3)12-6-4-5-7-13(12)14/h4-7,10-11H,8-9H2,1-3H3/t11-/m0/s1. The topological polar surface area (TPSA) is 68.3 Å². The Kier molecular flexibility index (Phi) is 5.32. The van der Waals surface area contributed by atoms with E-state index in [1.807, 2.05) is 0 Å². The molecule has 20 heavy (non-hydrogen) atoms. The molecule has 0 bridgehead atoms. The van der Waals surface area contributed by atoms with Crippen LogP contribution in [0.4, 0.5) is 4.39 Å². The van der Waals surface area contributed by atoms with Crippen molar-refractivity contribution < 1.29 is 21.2 Å². The fourth-order valence-corrected chi connectivity index (χ4v) is 4.90. The van der Waals surface area contributed by atoms with E-state index in [1.54, 1.807) is 6.07 Å². The molecule has 4 nitrogen and oxygen atoms in total. The van der Waals surface area contributed by atoms with Gasteiger partial charge in [-0.25, -0.2) is 21.2 Å². The van der Waals surface area contributed by atoms with E-state index < -0.39 is 47.5 Å². The Bertz CT molecular complexity index is 663. The predicted octanol–water partition coefficient (Wildman–Crippen LogP) is 2.12. The summed E-state index contributed by atoms with van der Waals surface area (Å²) in [6, 6.07) is 5.61. The van der Waals surface area contributed by atoms with Gasteiger partial charge in [-0.15, -0.1) is 0 Å². The number of halogens is 1. The van der Waals surface area contributed by atoms with Crippen LogP contribution >= 0.6 is 0 Å². The molecule has 0 aliphatic carbocycles. The van der Waals surface area contributed by atoms with E-state index in [0.29, 0.717) is 0 Å². The second-order valence-corrected chi connectivity index (χ2v) is 10.1. The Labute approximate surface area is 119 Å². The molecule has 0 spiro atoms. The largest absolute Gasteiger partial charge is 0.229 e. The van der Waals surface area contributed by atoms with Crippen LogP contribution in [0, 0.1) is 5.82 Å². The lowest BCUT2D eigenvalue weighted by atomic mass is 10.1. The molecule has 114 valence electrons. The van der Waals surface area contributed by atoms with Gasteiger partial charge in [-0.1, -0.05) is 18.2 Å². The summed E-state index contributed by atoms with van der Waals surface area (Å²) in [5.74, 6) is -1.54. The average molecular weight is 322 g/mol. The molecule has 0 saturated heterocycles. The van der Waals surface area contributed by atoms with Gasteiger partial charge in [-0.3, -0.25) is 0 Å². The van der Waals surface area contributed by atoms with Crippen molar-refractivity contribution in [1.82, 2.24) is 0 Å². The van der Waals surface area contributed by atoms with Gasteiger partial charge < -0.3 is 0 Å². The first-order chi connectivity index (χ1) is 9.08. The van der Waals surface area contributed by atoms with Gasteiger partial charge in [0.15, 0.2) is 19.7 Å². The monoisotopic (exact) mass is 322 g/mol. The van der Waals surface area contributed by atoms with Gasteiger partial charge in [0, 0.05) is 5.56 Å². The molecule has 0 N–H and O–H groups in total. The summed E-state index contributed by atoms with van der Waals surface area (Å²) >= 11 is 0. The molecule has 0 radical (unpaired) electrons. The molecule has 1 aromatic rings. The van der Waals surface area contributed by atoms with Gasteiger partial charge in [-0.2, -0.15) is 0 Å². The van der Waals surface area contributed by atoms with Crippen molar-refractivity contribution in [2.24, 2.45) is 0 Å². The number of hydrogen-bond acceptors (Lipinski definition) is 4. The van der Waals surface area contributed by atoms with Crippen molar-refractivity contribution in [3.63, 3.8) is 0 Å². The fraction of sp³-hybridized carbons (Fsp3) is 0.538. The normalized spacial score (nSPS) is 14.4. The minimum atomic E-state index is -3.72. The summed E-state index contributed by atoms with van der Waals surface area (Å²) in [5.41, 5.74) is 0.0643. The van der Waals surface area contributed by atoms with Crippen LogP contribution in [0.1, 0.15) is 31.6 Å². The minimum Gasteiger partial charge on any atom is -0.229 e. The molecule has 1 atom stereocenters. The van der Waals surface area contributed by atoms with Crippen molar-refractivity contribution in [2.45, 2.75) is 31.3 Å². The van der Waals surface area contributed by atoms with Crippen LogP contribution in [0.5, 0.6) is 0 Å². The molecule has 0 heterocycles. The van der Waals surface area contributed by atoms with E-state index in [-0.39, 0.29) is 5.56 Å². The van der Waals surface area contributed by atoms with Crippen LogP contribution in [-0.2, 0) is 19.7 Å². The van der Waals surface area contributed by atoms with Gasteiger partial charge in [0.25, 0.3) is 0 Å². The van der Waals surface area contributed by atoms with Crippen molar-refractivity contribution in [2.75, 3.05) is 11.5 Å². The number of hydrogen-bond donors (Lipinski definition) is 0. The Morgan fingerprint density at radius 1 is 0.950 bits per heavy atom. The Balaban J connectivity index is 2.93. The molecule has 0 unspecified atom stereocenters. The lowest BCUT2D eigenvalue weighted by Gasteiger charge is -2.15. The van der Waals surface area contributed by atoms with Gasteiger partial charge in [0.05, 0.1) is 22.0 Å². The highest BCUT2D eigenvalue weighted by Crippen LogP contribution is 2.25. The van der Waals surface area contributed by atoms with E-state index in [4.69, 9.17) is 0 Å². The second kappa shape index (κ2) is 6.22. The fourth-order valence-electron chi connectivity index (χ4n) is 1.64. The summed E-state index contributed by atoms with van der Waals surface area (Å²) in [7, 11) is -7.15. The van der Waals surface area contributed by atoms with E-state index in [0.717, 1.165) is 0 Å². The third-order valence-electron chi connectivity index (χ3n) is 3.25. The highest BCUT2D eigenvalue weighted by molar-refractivity contribution is 7.95. The SMILES string of the molecule is CC(C)S(=O)(=O)CCS(=O)(=O)[C@@H](C)c1ccccc1F. The van der Waals surface area contributed by atoms with Gasteiger partial charge in [0.1, 0.15) is 5.82 Å². The smallest absolute Gasteiger partial charge is 0.158 e. The Morgan fingerprint density at radius 2 is 1.45 bits per heavy atom. The minimum absolute atomic E-state index is 0.0643. The lowest BCUT2D eigenvalue weighted by molar-refractivity contribution is 0.570. The first kappa shape index (κ1) is 17.1. The molecular formula is C13H19FO4S2. The van der Waals surface area contributed by atoms with Crippen LogP contribution in [0.25, 0.3) is 0 Å². The van der Waals surface area contributed by atoms with Crippen LogP contribution in [0.2, 0.25) is 0 Å². The van der Waals surface area contributed by atoms with E-state index in [1.165, 1.54) is 39.0 Å². The van der Waals surface area contributed by atoms with Crippen LogP contribution in [0.3, 0.4) is 0 Å². The summed E-state index contributed by atoms with van der Waals surface area (Å²) in [4.78, 5) is 0. The highest BCUT2D eigenvalue weighted by atomic mass is 32.2. The second-order valence-electron chi connectivity index (χ2n) is 4.95. The first-order valence-corrected chi connectivity index (χ1v) is 9.68. The maximum absolute atomic E-state index is 13.6. The third-order valence-corrected chi connectivity index (χ3v) is 7.82. The number of rotatable bonds is 6. The maximum atomic E-state index is 13.6. The molecular weight excluding hydrogens is 303 g/mol. The van der Waals surface area contributed by atoms with E-state index >= 15 is 0 Å². The Morgan fingerprint density at radius 3 is 1.95 bits per heavy atom. The van der Waals surface area contributed by atoms with E-state index in [2.05, 4.69) is 0 Å². The predicted molar refractivity (Wildman–Crippen MR) is 77.5 cm³/mol. The Hall–Kier alpha value is -0.950. The molecule has 0 aromatic heterocycles. The molecule has 1 rings (SSSR count). The molecule has 0 aliphatic rings. The molecule has 0 saturated carbocycles. The molecule has 1 aromatic carbocycles. The zero-order valence-corrected chi connectivity index (χ0v) is 13.3.